The van der Waals surface area contributed by atoms with Crippen LogP contribution in [0.25, 0.3) is 16.8 Å². The minimum absolute atomic E-state index is 0.0318. The average molecular weight is 702 g/mol. The zero-order valence-corrected chi connectivity index (χ0v) is 29.7. The van der Waals surface area contributed by atoms with Crippen LogP contribution in [0.2, 0.25) is 0 Å². The van der Waals surface area contributed by atoms with Gasteiger partial charge in [-0.2, -0.15) is 0 Å². The lowest BCUT2D eigenvalue weighted by molar-refractivity contribution is -0.129. The molecular formula is C35H42F3N5O3S2. The lowest BCUT2D eigenvalue weighted by Crippen LogP contribution is -2.38. The number of hydrogen-bond acceptors (Lipinski definition) is 6. The summed E-state index contributed by atoms with van der Waals surface area (Å²) in [5, 5.41) is 3.97. The number of allylic oxidation sites excluding steroid dienone is 3. The highest BCUT2D eigenvalue weighted by molar-refractivity contribution is 7.92. The number of aromatic nitrogens is 1. The van der Waals surface area contributed by atoms with Crippen LogP contribution in [-0.4, -0.2) is 49.2 Å². The highest BCUT2D eigenvalue weighted by atomic mass is 32.2. The van der Waals surface area contributed by atoms with Gasteiger partial charge in [-0.25, -0.2) is 26.6 Å². The Hall–Kier alpha value is -3.97. The molecule has 3 aromatic rings. The molecule has 0 unspecified atom stereocenters. The molecule has 2 N–H and O–H groups in total. The van der Waals surface area contributed by atoms with Crippen molar-refractivity contribution in [2.45, 2.75) is 83.6 Å². The van der Waals surface area contributed by atoms with E-state index in [1.165, 1.54) is 29.5 Å². The molecular weight excluding hydrogens is 660 g/mol. The monoisotopic (exact) mass is 701 g/mol. The molecule has 1 fully saturated rings. The number of carbonyl (C=O) groups is 1. The van der Waals surface area contributed by atoms with Crippen LogP contribution in [0.4, 0.5) is 18.9 Å². The van der Waals surface area contributed by atoms with Crippen molar-refractivity contribution in [1.29, 1.82) is 0 Å². The lowest BCUT2D eigenvalue weighted by atomic mass is 9.98. The van der Waals surface area contributed by atoms with Gasteiger partial charge < -0.3 is 10.2 Å². The Morgan fingerprint density at radius 3 is 2.33 bits per heavy atom. The molecule has 1 saturated heterocycles. The van der Waals surface area contributed by atoms with Gasteiger partial charge in [0.1, 0.15) is 11.6 Å². The number of halogens is 3. The first-order chi connectivity index (χ1) is 22.6. The van der Waals surface area contributed by atoms with Crippen LogP contribution in [0.5, 0.6) is 0 Å². The first kappa shape index (κ1) is 36.9. The molecule has 1 aliphatic rings. The van der Waals surface area contributed by atoms with E-state index in [2.05, 4.69) is 5.32 Å². The minimum Gasteiger partial charge on any atom is -0.351 e. The number of nitrogens with one attached hydrogen (secondary N) is 2. The smallest absolute Gasteiger partial charge is 0.267 e. The molecule has 4 rings (SSSR count). The molecule has 0 saturated carbocycles. The lowest BCUT2D eigenvalue weighted by Gasteiger charge is -2.29. The predicted molar refractivity (Wildman–Crippen MR) is 187 cm³/mol. The van der Waals surface area contributed by atoms with E-state index in [0.717, 1.165) is 60.3 Å². The molecule has 1 amide bonds. The van der Waals surface area contributed by atoms with Crippen molar-refractivity contribution in [2.75, 3.05) is 17.8 Å². The summed E-state index contributed by atoms with van der Waals surface area (Å²) in [7, 11) is -4.81. The van der Waals surface area contributed by atoms with E-state index in [1.54, 1.807) is 13.1 Å². The molecule has 2 heterocycles. The number of benzene rings is 2. The number of piperidine rings is 1. The molecule has 0 aliphatic carbocycles. The van der Waals surface area contributed by atoms with Gasteiger partial charge in [0.05, 0.1) is 33.1 Å². The fourth-order valence-electron chi connectivity index (χ4n) is 5.16. The van der Waals surface area contributed by atoms with E-state index < -0.39 is 38.1 Å². The van der Waals surface area contributed by atoms with Crippen LogP contribution in [0, 0.1) is 17.5 Å². The first-order valence-electron chi connectivity index (χ1n) is 15.8. The van der Waals surface area contributed by atoms with Gasteiger partial charge in [0.15, 0.2) is 10.7 Å². The van der Waals surface area contributed by atoms with Gasteiger partial charge >= 0.3 is 0 Å². The predicted octanol–water partition coefficient (Wildman–Crippen LogP) is 8.04. The van der Waals surface area contributed by atoms with Gasteiger partial charge in [0, 0.05) is 37.2 Å². The van der Waals surface area contributed by atoms with E-state index in [0.29, 0.717) is 23.7 Å². The summed E-state index contributed by atoms with van der Waals surface area (Å²) < 4.78 is 72.9. The largest absolute Gasteiger partial charge is 0.351 e. The summed E-state index contributed by atoms with van der Waals surface area (Å²) in [6, 6.07) is 6.94. The summed E-state index contributed by atoms with van der Waals surface area (Å²) in [6.45, 7) is 12.9. The Morgan fingerprint density at radius 2 is 1.73 bits per heavy atom. The van der Waals surface area contributed by atoms with E-state index in [-0.39, 0.29) is 22.9 Å². The van der Waals surface area contributed by atoms with Crippen LogP contribution in [-0.2, 0) is 20.2 Å². The second kappa shape index (κ2) is 15.5. The molecule has 1 aliphatic heterocycles. The van der Waals surface area contributed by atoms with Gasteiger partial charge in [0.25, 0.3) is 10.0 Å². The molecule has 0 radical (unpaired) electrons. The Labute approximate surface area is 284 Å². The third-order valence-electron chi connectivity index (χ3n) is 7.71. The van der Waals surface area contributed by atoms with E-state index in [4.69, 9.17) is 9.98 Å². The second-order valence-electron chi connectivity index (χ2n) is 12.6. The number of sulfonamides is 1. The summed E-state index contributed by atoms with van der Waals surface area (Å²) >= 11 is 1.41. The van der Waals surface area contributed by atoms with Crippen molar-refractivity contribution in [2.24, 2.45) is 4.99 Å². The van der Waals surface area contributed by atoms with E-state index in [1.807, 2.05) is 56.4 Å². The van der Waals surface area contributed by atoms with E-state index in [9.17, 15) is 22.0 Å². The number of nitrogens with zero attached hydrogens (tertiary/aromatic N) is 3. The maximum atomic E-state index is 16.2. The number of carbonyl (C=O) groups excluding carboxylic acids is 1. The van der Waals surface area contributed by atoms with Gasteiger partial charge in [0.2, 0.25) is 5.91 Å². The Kier molecular flexibility index (Phi) is 11.9. The van der Waals surface area contributed by atoms with Crippen LogP contribution >= 0.6 is 11.3 Å². The zero-order valence-electron chi connectivity index (χ0n) is 28.0. The number of rotatable bonds is 10. The number of hydrogen-bond donors (Lipinski definition) is 2. The standard InChI is InChI=1S/C35H42F3N5O3S2/c1-7-8-11-24(16-19-39-22(2)40-25-17-20-43(21-18-25)23(3)44)32-31(41-34(47-32)35(4,5)6)26-12-9-15-29(30(26)38)42-48(45,46)33-27(36)13-10-14-28(33)37/h9-16,19,25,42H,7-8,17-18,20-21H2,1-6H3,(H,39,40)/b19-16-,24-11-. The summed E-state index contributed by atoms with van der Waals surface area (Å²) in [6.07, 6.45) is 8.87. The summed E-state index contributed by atoms with van der Waals surface area (Å²) in [4.78, 5) is 22.6. The van der Waals surface area contributed by atoms with Gasteiger partial charge in [-0.05, 0) is 62.1 Å². The fourth-order valence-corrected chi connectivity index (χ4v) is 7.51. The minimum atomic E-state index is -4.81. The molecule has 0 bridgehead atoms. The van der Waals surface area contributed by atoms with E-state index >= 15 is 4.39 Å². The Morgan fingerprint density at radius 1 is 1.08 bits per heavy atom. The first-order valence-corrected chi connectivity index (χ1v) is 18.1. The molecule has 13 heteroatoms. The Bertz CT molecular complexity index is 1820. The van der Waals surface area contributed by atoms with Crippen LogP contribution in [0.3, 0.4) is 0 Å². The summed E-state index contributed by atoms with van der Waals surface area (Å²) in [5.74, 6) is -2.72. The van der Waals surface area contributed by atoms with Gasteiger partial charge in [-0.3, -0.25) is 14.5 Å². The molecule has 2 aromatic carbocycles. The van der Waals surface area contributed by atoms with Crippen molar-refractivity contribution in [3.8, 4) is 11.3 Å². The fraction of sp³-hybridized carbons (Fsp3) is 0.400. The SMILES string of the molecule is CCC/C=C(/C=C\NC(C)=NC1CCN(C(C)=O)CC1)c1sc(C(C)(C)C)nc1-c1cccc(NS(=O)(=O)c2c(F)cccc2F)c1F. The number of likely N-dealkylation sites (tertiary alicyclic amines) is 1. The van der Waals surface area contributed by atoms with Crippen LogP contribution < -0.4 is 10.0 Å². The Balaban J connectivity index is 1.68. The molecule has 258 valence electrons. The van der Waals surface area contributed by atoms with Gasteiger partial charge in [-0.15, -0.1) is 11.3 Å². The van der Waals surface area contributed by atoms with Crippen LogP contribution in [0.1, 0.15) is 77.1 Å². The van der Waals surface area contributed by atoms with Crippen molar-refractivity contribution in [3.05, 3.63) is 82.1 Å². The van der Waals surface area contributed by atoms with Crippen molar-refractivity contribution in [1.82, 2.24) is 15.2 Å². The van der Waals surface area contributed by atoms with Crippen molar-refractivity contribution < 1.29 is 26.4 Å². The third-order valence-corrected chi connectivity index (χ3v) is 10.7. The maximum Gasteiger partial charge on any atom is 0.267 e. The molecule has 1 aromatic heterocycles. The quantitative estimate of drug-likeness (QED) is 0.127. The maximum absolute atomic E-state index is 16.2. The summed E-state index contributed by atoms with van der Waals surface area (Å²) in [5.41, 5.74) is 0.284. The van der Waals surface area contributed by atoms with Crippen molar-refractivity contribution >= 4 is 44.4 Å². The molecule has 48 heavy (non-hydrogen) atoms. The van der Waals surface area contributed by atoms with Crippen molar-refractivity contribution in [3.63, 3.8) is 0 Å². The average Bonchev–Trinajstić information content (AvgIpc) is 3.46. The number of amides is 1. The highest BCUT2D eigenvalue weighted by Gasteiger charge is 2.28. The highest BCUT2D eigenvalue weighted by Crippen LogP contribution is 2.41. The number of amidine groups is 1. The number of thiazole rings is 1. The third kappa shape index (κ3) is 8.93. The molecule has 0 atom stereocenters. The number of unbranched alkanes of at least 4 members (excludes halogenated alkanes) is 1. The van der Waals surface area contributed by atoms with Crippen LogP contribution in [0.15, 0.2) is 64.6 Å². The molecule has 8 nitrogen and oxygen atoms in total. The zero-order chi connectivity index (χ0) is 35.2. The second-order valence-corrected chi connectivity index (χ2v) is 15.3. The van der Waals surface area contributed by atoms with Gasteiger partial charge in [-0.1, -0.05) is 52.3 Å². The number of anilines is 1. The molecule has 0 spiro atoms. The number of aliphatic imine (C=N–C) groups is 1. The normalized spacial score (nSPS) is 15.3. The topological polar surface area (TPSA) is 104 Å².